The predicted molar refractivity (Wildman–Crippen MR) is 87.7 cm³/mol. The zero-order chi connectivity index (χ0) is 15.2. The summed E-state index contributed by atoms with van der Waals surface area (Å²) in [5.41, 5.74) is 1.33. The summed E-state index contributed by atoms with van der Waals surface area (Å²) < 4.78 is 13.0. The standard InChI is InChI=1S/C15H12Cl2FNOS/c16-11-4-5-13(17)14(7-11)19-15(20)9-21-8-10-2-1-3-12(18)6-10/h1-7H,8-9H2,(H,19,20). The monoisotopic (exact) mass is 343 g/mol. The van der Waals surface area contributed by atoms with Gasteiger partial charge in [-0.3, -0.25) is 4.79 Å². The van der Waals surface area contributed by atoms with Gasteiger partial charge in [-0.2, -0.15) is 0 Å². The van der Waals surface area contributed by atoms with Gasteiger partial charge in [0.05, 0.1) is 16.5 Å². The number of carbonyl (C=O) groups excluding carboxylic acids is 1. The average Bonchev–Trinajstić information content (AvgIpc) is 2.43. The molecule has 0 aromatic heterocycles. The summed E-state index contributed by atoms with van der Waals surface area (Å²) >= 11 is 13.2. The van der Waals surface area contributed by atoms with Crippen LogP contribution < -0.4 is 5.32 Å². The molecule has 0 aliphatic heterocycles. The SMILES string of the molecule is O=C(CSCc1cccc(F)c1)Nc1cc(Cl)ccc1Cl. The van der Waals surface area contributed by atoms with Crippen molar-refractivity contribution in [2.45, 2.75) is 5.75 Å². The molecular weight excluding hydrogens is 332 g/mol. The second kappa shape index (κ2) is 7.69. The van der Waals surface area contributed by atoms with Crippen molar-refractivity contribution in [3.63, 3.8) is 0 Å². The zero-order valence-corrected chi connectivity index (χ0v) is 13.2. The molecule has 21 heavy (non-hydrogen) atoms. The lowest BCUT2D eigenvalue weighted by Crippen LogP contribution is -2.14. The molecule has 0 heterocycles. The van der Waals surface area contributed by atoms with Gasteiger partial charge in [0.25, 0.3) is 0 Å². The van der Waals surface area contributed by atoms with E-state index in [1.54, 1.807) is 24.3 Å². The first-order valence-corrected chi connectivity index (χ1v) is 8.03. The molecule has 0 spiro atoms. The quantitative estimate of drug-likeness (QED) is 0.827. The number of halogens is 3. The highest BCUT2D eigenvalue weighted by molar-refractivity contribution is 7.99. The van der Waals surface area contributed by atoms with Crippen molar-refractivity contribution >= 4 is 46.6 Å². The highest BCUT2D eigenvalue weighted by atomic mass is 35.5. The smallest absolute Gasteiger partial charge is 0.234 e. The first-order chi connectivity index (χ1) is 10.0. The molecule has 0 saturated carbocycles. The molecule has 2 nitrogen and oxygen atoms in total. The summed E-state index contributed by atoms with van der Waals surface area (Å²) in [6.07, 6.45) is 0. The molecule has 0 radical (unpaired) electrons. The molecule has 0 atom stereocenters. The minimum atomic E-state index is -0.275. The van der Waals surface area contributed by atoms with E-state index in [0.29, 0.717) is 21.5 Å². The minimum absolute atomic E-state index is 0.180. The molecule has 1 N–H and O–H groups in total. The van der Waals surface area contributed by atoms with Crippen LogP contribution in [0.25, 0.3) is 0 Å². The molecule has 2 aromatic rings. The van der Waals surface area contributed by atoms with E-state index < -0.39 is 0 Å². The van der Waals surface area contributed by atoms with Gasteiger partial charge in [0.1, 0.15) is 5.82 Å². The number of rotatable bonds is 5. The fraction of sp³-hybridized carbons (Fsp3) is 0.133. The topological polar surface area (TPSA) is 29.1 Å². The number of nitrogens with one attached hydrogen (secondary N) is 1. The first kappa shape index (κ1) is 16.1. The highest BCUT2D eigenvalue weighted by Gasteiger charge is 2.07. The number of benzene rings is 2. The fourth-order valence-corrected chi connectivity index (χ4v) is 2.78. The van der Waals surface area contributed by atoms with E-state index in [-0.39, 0.29) is 17.5 Å². The Morgan fingerprint density at radius 1 is 1.19 bits per heavy atom. The lowest BCUT2D eigenvalue weighted by Gasteiger charge is -2.07. The van der Waals surface area contributed by atoms with Gasteiger partial charge >= 0.3 is 0 Å². The summed E-state index contributed by atoms with van der Waals surface area (Å²) in [7, 11) is 0. The van der Waals surface area contributed by atoms with Gasteiger partial charge in [-0.1, -0.05) is 35.3 Å². The maximum Gasteiger partial charge on any atom is 0.234 e. The molecule has 0 fully saturated rings. The van der Waals surface area contributed by atoms with Gasteiger partial charge < -0.3 is 5.32 Å². The molecule has 2 rings (SSSR count). The van der Waals surface area contributed by atoms with Crippen LogP contribution in [0.2, 0.25) is 10.0 Å². The van der Waals surface area contributed by atoms with Crippen molar-refractivity contribution in [3.05, 3.63) is 63.9 Å². The van der Waals surface area contributed by atoms with Crippen molar-refractivity contribution in [1.82, 2.24) is 0 Å². The molecule has 0 bridgehead atoms. The molecule has 2 aromatic carbocycles. The fourth-order valence-electron chi connectivity index (χ4n) is 1.67. The minimum Gasteiger partial charge on any atom is -0.324 e. The Morgan fingerprint density at radius 2 is 2.00 bits per heavy atom. The van der Waals surface area contributed by atoms with Crippen LogP contribution >= 0.6 is 35.0 Å². The Kier molecular flexibility index (Phi) is 5.91. The molecule has 0 unspecified atom stereocenters. The zero-order valence-electron chi connectivity index (χ0n) is 10.9. The number of hydrogen-bond acceptors (Lipinski definition) is 2. The first-order valence-electron chi connectivity index (χ1n) is 6.11. The van der Waals surface area contributed by atoms with Crippen LogP contribution in [0.15, 0.2) is 42.5 Å². The van der Waals surface area contributed by atoms with Crippen LogP contribution in [0.1, 0.15) is 5.56 Å². The van der Waals surface area contributed by atoms with Crippen LogP contribution in [0.5, 0.6) is 0 Å². The summed E-state index contributed by atoms with van der Waals surface area (Å²) in [4.78, 5) is 11.8. The largest absolute Gasteiger partial charge is 0.324 e. The van der Waals surface area contributed by atoms with E-state index >= 15 is 0 Å². The number of carbonyl (C=O) groups is 1. The highest BCUT2D eigenvalue weighted by Crippen LogP contribution is 2.25. The maximum atomic E-state index is 13.0. The third-order valence-corrected chi connectivity index (χ3v) is 4.16. The molecular formula is C15H12Cl2FNOS. The van der Waals surface area contributed by atoms with E-state index in [2.05, 4.69) is 5.32 Å². The summed E-state index contributed by atoms with van der Waals surface area (Å²) in [6, 6.07) is 11.2. The second-order valence-corrected chi connectivity index (χ2v) is 6.12. The van der Waals surface area contributed by atoms with E-state index in [4.69, 9.17) is 23.2 Å². The lowest BCUT2D eigenvalue weighted by atomic mass is 10.2. The van der Waals surface area contributed by atoms with Crippen LogP contribution in [0.3, 0.4) is 0 Å². The van der Waals surface area contributed by atoms with Crippen molar-refractivity contribution < 1.29 is 9.18 Å². The van der Waals surface area contributed by atoms with E-state index in [9.17, 15) is 9.18 Å². The lowest BCUT2D eigenvalue weighted by molar-refractivity contribution is -0.113. The normalized spacial score (nSPS) is 10.4. The number of amides is 1. The number of anilines is 1. The predicted octanol–water partition coefficient (Wildman–Crippen LogP) is 5.00. The van der Waals surface area contributed by atoms with Crippen molar-refractivity contribution in [2.75, 3.05) is 11.1 Å². The maximum absolute atomic E-state index is 13.0. The Bertz CT molecular complexity index is 651. The van der Waals surface area contributed by atoms with Crippen LogP contribution in [0, 0.1) is 5.82 Å². The third-order valence-electron chi connectivity index (χ3n) is 2.59. The van der Waals surface area contributed by atoms with Crippen LogP contribution in [0.4, 0.5) is 10.1 Å². The van der Waals surface area contributed by atoms with Crippen molar-refractivity contribution in [2.24, 2.45) is 0 Å². The van der Waals surface area contributed by atoms with Gasteiger partial charge in [0, 0.05) is 10.8 Å². The van der Waals surface area contributed by atoms with E-state index in [1.165, 1.54) is 23.9 Å². The Morgan fingerprint density at radius 3 is 2.76 bits per heavy atom. The molecule has 0 aliphatic carbocycles. The van der Waals surface area contributed by atoms with Crippen molar-refractivity contribution in [1.29, 1.82) is 0 Å². The van der Waals surface area contributed by atoms with Gasteiger partial charge in [-0.05, 0) is 35.9 Å². The molecule has 110 valence electrons. The summed E-state index contributed by atoms with van der Waals surface area (Å²) in [5.74, 6) is 0.359. The summed E-state index contributed by atoms with van der Waals surface area (Å²) in [6.45, 7) is 0. The van der Waals surface area contributed by atoms with E-state index in [0.717, 1.165) is 5.56 Å². The van der Waals surface area contributed by atoms with Crippen molar-refractivity contribution in [3.8, 4) is 0 Å². The Balaban J connectivity index is 1.84. The molecule has 0 aliphatic rings. The van der Waals surface area contributed by atoms with Gasteiger partial charge in [-0.15, -0.1) is 11.8 Å². The Hall–Kier alpha value is -1.23. The van der Waals surface area contributed by atoms with Gasteiger partial charge in [-0.25, -0.2) is 4.39 Å². The molecule has 0 saturated heterocycles. The third kappa shape index (κ3) is 5.23. The van der Waals surface area contributed by atoms with Gasteiger partial charge in [0.15, 0.2) is 0 Å². The van der Waals surface area contributed by atoms with Gasteiger partial charge in [0.2, 0.25) is 5.91 Å². The Labute approximate surface area is 136 Å². The molecule has 1 amide bonds. The van der Waals surface area contributed by atoms with E-state index in [1.807, 2.05) is 6.07 Å². The number of hydrogen-bond donors (Lipinski definition) is 1. The van der Waals surface area contributed by atoms with Crippen LogP contribution in [-0.4, -0.2) is 11.7 Å². The summed E-state index contributed by atoms with van der Waals surface area (Å²) in [5, 5.41) is 3.63. The van der Waals surface area contributed by atoms with Crippen LogP contribution in [-0.2, 0) is 10.5 Å². The number of thioether (sulfide) groups is 1. The second-order valence-electron chi connectivity index (χ2n) is 4.30. The molecule has 6 heteroatoms. The average molecular weight is 344 g/mol.